The molecule has 4 heteroatoms. The van der Waals surface area contributed by atoms with Crippen LogP contribution in [0.25, 0.3) is 0 Å². The fourth-order valence-corrected chi connectivity index (χ4v) is 1.89. The van der Waals surface area contributed by atoms with E-state index in [0.29, 0.717) is 6.42 Å². The molecule has 0 saturated carbocycles. The molecule has 0 N–H and O–H groups in total. The molecule has 0 heterocycles. The molecule has 0 aliphatic carbocycles. The fourth-order valence-electron chi connectivity index (χ4n) is 1.89. The summed E-state index contributed by atoms with van der Waals surface area (Å²) in [5.74, 6) is -1.69. The summed E-state index contributed by atoms with van der Waals surface area (Å²) in [7, 11) is 0. The van der Waals surface area contributed by atoms with Gasteiger partial charge in [-0.3, -0.25) is 9.59 Å². The minimum absolute atomic E-state index is 0.0810. The van der Waals surface area contributed by atoms with Crippen molar-refractivity contribution in [3.8, 4) is 0 Å². The zero-order chi connectivity index (χ0) is 14.7. The largest absolute Gasteiger partial charge is 0.465 e. The number of ether oxygens (including phenoxy) is 2. The third-order valence-electron chi connectivity index (χ3n) is 3.13. The summed E-state index contributed by atoms with van der Waals surface area (Å²) in [4.78, 5) is 23.6. The number of hydrogen-bond acceptors (Lipinski definition) is 4. The first-order valence-corrected chi connectivity index (χ1v) is 7.47. The van der Waals surface area contributed by atoms with E-state index in [2.05, 4.69) is 6.92 Å². The lowest BCUT2D eigenvalue weighted by Gasteiger charge is -2.19. The Labute approximate surface area is 116 Å². The third kappa shape index (κ3) is 7.19. The first-order valence-electron chi connectivity index (χ1n) is 7.47. The fraction of sp³-hybridized carbons (Fsp3) is 0.867. The van der Waals surface area contributed by atoms with E-state index in [1.54, 1.807) is 13.8 Å². The molecule has 0 radical (unpaired) electrons. The molecule has 0 spiro atoms. The van der Waals surface area contributed by atoms with Gasteiger partial charge in [0, 0.05) is 0 Å². The minimum Gasteiger partial charge on any atom is -0.465 e. The van der Waals surface area contributed by atoms with E-state index >= 15 is 0 Å². The Morgan fingerprint density at radius 1 is 0.947 bits per heavy atom. The molecule has 2 atom stereocenters. The maximum Gasteiger partial charge on any atom is 0.320 e. The second-order valence-electron chi connectivity index (χ2n) is 4.68. The van der Waals surface area contributed by atoms with Crippen molar-refractivity contribution in [3.63, 3.8) is 0 Å². The van der Waals surface area contributed by atoms with Gasteiger partial charge in [0.15, 0.2) is 5.92 Å². The first kappa shape index (κ1) is 17.9. The lowest BCUT2D eigenvalue weighted by molar-refractivity contribution is -0.165. The third-order valence-corrected chi connectivity index (χ3v) is 3.13. The molecule has 4 nitrogen and oxygen atoms in total. The van der Waals surface area contributed by atoms with Gasteiger partial charge in [0.25, 0.3) is 0 Å². The topological polar surface area (TPSA) is 52.6 Å². The average molecular weight is 272 g/mol. The van der Waals surface area contributed by atoms with Gasteiger partial charge in [-0.05, 0) is 32.6 Å². The van der Waals surface area contributed by atoms with E-state index < -0.39 is 17.9 Å². The normalized spacial score (nSPS) is 13.7. The lowest BCUT2D eigenvalue weighted by Crippen LogP contribution is -2.30. The smallest absolute Gasteiger partial charge is 0.320 e. The molecule has 0 aliphatic rings. The highest BCUT2D eigenvalue weighted by molar-refractivity contribution is 5.94. The monoisotopic (exact) mass is 272 g/mol. The molecule has 112 valence electrons. The molecule has 19 heavy (non-hydrogen) atoms. The molecular weight excluding hydrogens is 244 g/mol. The van der Waals surface area contributed by atoms with Gasteiger partial charge >= 0.3 is 11.9 Å². The zero-order valence-electron chi connectivity index (χ0n) is 12.7. The van der Waals surface area contributed by atoms with Crippen LogP contribution >= 0.6 is 0 Å². The van der Waals surface area contributed by atoms with Crippen molar-refractivity contribution < 1.29 is 19.1 Å². The van der Waals surface area contributed by atoms with Gasteiger partial charge in [-0.1, -0.05) is 33.6 Å². The van der Waals surface area contributed by atoms with Crippen LogP contribution in [0.5, 0.6) is 0 Å². The summed E-state index contributed by atoms with van der Waals surface area (Å²) < 4.78 is 10.3. The molecule has 0 aromatic carbocycles. The van der Waals surface area contributed by atoms with Crippen molar-refractivity contribution in [2.45, 2.75) is 72.3 Å². The summed E-state index contributed by atoms with van der Waals surface area (Å²) in [5.41, 5.74) is 0. The Morgan fingerprint density at radius 2 is 1.63 bits per heavy atom. The highest BCUT2D eigenvalue weighted by Crippen LogP contribution is 2.15. The van der Waals surface area contributed by atoms with Gasteiger partial charge in [-0.25, -0.2) is 0 Å². The van der Waals surface area contributed by atoms with Crippen molar-refractivity contribution in [3.05, 3.63) is 0 Å². The Hall–Kier alpha value is -1.06. The van der Waals surface area contributed by atoms with Crippen molar-refractivity contribution in [1.82, 2.24) is 0 Å². The Balaban J connectivity index is 4.31. The van der Waals surface area contributed by atoms with Crippen LogP contribution in [-0.4, -0.2) is 24.6 Å². The first-order chi connectivity index (χ1) is 9.10. The number of unbranched alkanes of at least 4 members (excludes halogenated alkanes) is 2. The molecule has 0 amide bonds. The van der Waals surface area contributed by atoms with Crippen molar-refractivity contribution in [1.29, 1.82) is 0 Å². The van der Waals surface area contributed by atoms with E-state index in [9.17, 15) is 9.59 Å². The Bertz CT molecular complexity index is 263. The van der Waals surface area contributed by atoms with Gasteiger partial charge in [0.2, 0.25) is 0 Å². The Morgan fingerprint density at radius 3 is 2.11 bits per heavy atom. The van der Waals surface area contributed by atoms with Crippen molar-refractivity contribution >= 4 is 11.9 Å². The van der Waals surface area contributed by atoms with Gasteiger partial charge in [0.1, 0.15) is 6.10 Å². The van der Waals surface area contributed by atoms with Crippen molar-refractivity contribution in [2.75, 3.05) is 6.61 Å². The highest BCUT2D eigenvalue weighted by Gasteiger charge is 2.29. The van der Waals surface area contributed by atoms with E-state index in [1.807, 2.05) is 6.92 Å². The van der Waals surface area contributed by atoms with E-state index in [4.69, 9.17) is 9.47 Å². The highest BCUT2D eigenvalue weighted by atomic mass is 16.6. The Kier molecular flexibility index (Phi) is 10.2. The van der Waals surface area contributed by atoms with E-state index in [1.165, 1.54) is 0 Å². The summed E-state index contributed by atoms with van der Waals surface area (Å²) in [6.45, 7) is 7.95. The van der Waals surface area contributed by atoms with Gasteiger partial charge in [-0.2, -0.15) is 0 Å². The number of carbonyl (C=O) groups is 2. The summed E-state index contributed by atoms with van der Waals surface area (Å²) in [6.07, 6.45) is 5.34. The quantitative estimate of drug-likeness (QED) is 0.347. The molecule has 0 bridgehead atoms. The van der Waals surface area contributed by atoms with Crippen LogP contribution in [0.1, 0.15) is 66.2 Å². The van der Waals surface area contributed by atoms with E-state index in [-0.39, 0.29) is 12.7 Å². The van der Waals surface area contributed by atoms with Crippen molar-refractivity contribution in [2.24, 2.45) is 5.92 Å². The second-order valence-corrected chi connectivity index (χ2v) is 4.68. The predicted molar refractivity (Wildman–Crippen MR) is 74.7 cm³/mol. The lowest BCUT2D eigenvalue weighted by atomic mass is 10.1. The average Bonchev–Trinajstić information content (AvgIpc) is 2.38. The molecule has 0 fully saturated rings. The molecule has 0 aromatic rings. The van der Waals surface area contributed by atoms with Crippen LogP contribution in [0.4, 0.5) is 0 Å². The molecule has 0 rings (SSSR count). The van der Waals surface area contributed by atoms with Crippen LogP contribution in [0, 0.1) is 5.92 Å². The van der Waals surface area contributed by atoms with Gasteiger partial charge < -0.3 is 9.47 Å². The SMILES string of the molecule is CCCCCC(CC)OC(=O)C(CC)C(=O)OCC. The standard InChI is InChI=1S/C15H28O4/c1-5-9-10-11-12(6-2)19-15(17)13(7-3)14(16)18-8-4/h12-13H,5-11H2,1-4H3. The maximum atomic E-state index is 12.0. The van der Waals surface area contributed by atoms with Crippen LogP contribution in [0.15, 0.2) is 0 Å². The number of rotatable bonds is 10. The van der Waals surface area contributed by atoms with Crippen LogP contribution in [0.3, 0.4) is 0 Å². The molecule has 0 saturated heterocycles. The zero-order valence-corrected chi connectivity index (χ0v) is 12.7. The molecule has 0 aliphatic heterocycles. The maximum absolute atomic E-state index is 12.0. The number of carbonyl (C=O) groups excluding carboxylic acids is 2. The van der Waals surface area contributed by atoms with E-state index in [0.717, 1.165) is 32.1 Å². The minimum atomic E-state index is -0.778. The molecular formula is C15H28O4. The van der Waals surface area contributed by atoms with Gasteiger partial charge in [0.05, 0.1) is 6.61 Å². The van der Waals surface area contributed by atoms with Crippen LogP contribution in [-0.2, 0) is 19.1 Å². The van der Waals surface area contributed by atoms with Crippen LogP contribution in [0.2, 0.25) is 0 Å². The van der Waals surface area contributed by atoms with Gasteiger partial charge in [-0.15, -0.1) is 0 Å². The summed E-state index contributed by atoms with van der Waals surface area (Å²) in [5, 5.41) is 0. The molecule has 0 aromatic heterocycles. The predicted octanol–water partition coefficient (Wildman–Crippen LogP) is 3.48. The summed E-state index contributed by atoms with van der Waals surface area (Å²) in [6, 6.07) is 0. The number of esters is 2. The number of hydrogen-bond donors (Lipinski definition) is 0. The second kappa shape index (κ2) is 10.8. The summed E-state index contributed by atoms with van der Waals surface area (Å²) >= 11 is 0. The molecule has 2 unspecified atom stereocenters. The van der Waals surface area contributed by atoms with Crippen LogP contribution < -0.4 is 0 Å².